The van der Waals surface area contributed by atoms with Crippen LogP contribution in [0.5, 0.6) is 0 Å². The monoisotopic (exact) mass is 316 g/mol. The molecule has 0 aliphatic heterocycles. The number of pyridine rings is 1. The Balaban J connectivity index is 2.47. The molecule has 0 N–H and O–H groups in total. The summed E-state index contributed by atoms with van der Waals surface area (Å²) in [5.74, 6) is 0. The molecule has 0 aliphatic carbocycles. The summed E-state index contributed by atoms with van der Waals surface area (Å²) in [5.41, 5.74) is 3.53. The second-order valence-electron chi connectivity index (χ2n) is 4.60. The third-order valence-corrected chi connectivity index (χ3v) is 3.49. The number of nitrogens with zero attached hydrogens (tertiary/aromatic N) is 2. The van der Waals surface area contributed by atoms with Gasteiger partial charge in [0.2, 0.25) is 0 Å². The van der Waals surface area contributed by atoms with Crippen molar-refractivity contribution in [1.29, 1.82) is 0 Å². The molecule has 2 aromatic rings. The summed E-state index contributed by atoms with van der Waals surface area (Å²) in [5, 5.41) is 0. The summed E-state index contributed by atoms with van der Waals surface area (Å²) in [6, 6.07) is 12.3. The van der Waals surface area contributed by atoms with E-state index in [2.05, 4.69) is 70.3 Å². The molecule has 0 saturated carbocycles. The van der Waals surface area contributed by atoms with Crippen LogP contribution in [-0.2, 0) is 0 Å². The Labute approximate surface area is 122 Å². The van der Waals surface area contributed by atoms with Gasteiger partial charge in [0.15, 0.2) is 0 Å². The normalized spacial score (nSPS) is 11.9. The van der Waals surface area contributed by atoms with E-state index in [1.807, 2.05) is 18.3 Å². The number of hydrogen-bond donors (Lipinski definition) is 0. The highest BCUT2D eigenvalue weighted by molar-refractivity contribution is 9.10. The summed E-state index contributed by atoms with van der Waals surface area (Å²) >= 11 is 3.63. The Hall–Kier alpha value is -1.45. The number of benzene rings is 1. The van der Waals surface area contributed by atoms with Gasteiger partial charge in [-0.3, -0.25) is 4.98 Å². The Morgan fingerprint density at radius 3 is 2.63 bits per heavy atom. The highest BCUT2D eigenvalue weighted by Gasteiger charge is 2.08. The van der Waals surface area contributed by atoms with Crippen molar-refractivity contribution in [2.75, 3.05) is 20.6 Å². The van der Waals surface area contributed by atoms with Crippen LogP contribution in [0.15, 0.2) is 59.3 Å². The van der Waals surface area contributed by atoms with E-state index in [1.165, 1.54) is 11.1 Å². The molecule has 0 bridgehead atoms. The highest BCUT2D eigenvalue weighted by atomic mass is 79.9. The molecule has 0 fully saturated rings. The third kappa shape index (κ3) is 3.75. The standard InChI is InChI=1S/C16H17BrN2/c1-19(2)11-9-14(13-6-5-10-18-12-13)15-7-3-4-8-16(15)17/h3-10,12H,11H2,1-2H3. The molecule has 0 amide bonds. The van der Waals surface area contributed by atoms with Crippen LogP contribution in [-0.4, -0.2) is 30.5 Å². The first kappa shape index (κ1) is 14.0. The van der Waals surface area contributed by atoms with Gasteiger partial charge in [-0.15, -0.1) is 0 Å². The van der Waals surface area contributed by atoms with E-state index < -0.39 is 0 Å². The molecule has 2 rings (SSSR count). The summed E-state index contributed by atoms with van der Waals surface area (Å²) in [4.78, 5) is 6.36. The molecule has 0 aliphatic rings. The van der Waals surface area contributed by atoms with Gasteiger partial charge in [-0.05, 0) is 37.4 Å². The Kier molecular flexibility index (Phi) is 4.88. The van der Waals surface area contributed by atoms with Crippen LogP contribution in [0, 0.1) is 0 Å². The second kappa shape index (κ2) is 6.64. The maximum Gasteiger partial charge on any atom is 0.0346 e. The molecule has 0 spiro atoms. The lowest BCUT2D eigenvalue weighted by Gasteiger charge is -2.12. The van der Waals surface area contributed by atoms with Gasteiger partial charge < -0.3 is 4.90 Å². The lowest BCUT2D eigenvalue weighted by atomic mass is 9.99. The molecule has 0 radical (unpaired) electrons. The molecule has 2 nitrogen and oxygen atoms in total. The molecule has 0 unspecified atom stereocenters. The first-order valence-corrected chi connectivity index (χ1v) is 6.98. The van der Waals surface area contributed by atoms with Crippen molar-refractivity contribution >= 4 is 21.5 Å². The quantitative estimate of drug-likeness (QED) is 0.852. The minimum atomic E-state index is 0.894. The largest absolute Gasteiger partial charge is 0.306 e. The van der Waals surface area contributed by atoms with E-state index in [9.17, 15) is 0 Å². The zero-order valence-corrected chi connectivity index (χ0v) is 12.8. The summed E-state index contributed by atoms with van der Waals surface area (Å²) in [6.07, 6.45) is 5.94. The van der Waals surface area contributed by atoms with Crippen LogP contribution in [0.1, 0.15) is 11.1 Å². The van der Waals surface area contributed by atoms with Gasteiger partial charge in [-0.2, -0.15) is 0 Å². The van der Waals surface area contributed by atoms with Gasteiger partial charge in [0.25, 0.3) is 0 Å². The van der Waals surface area contributed by atoms with E-state index in [0.29, 0.717) is 0 Å². The molecule has 19 heavy (non-hydrogen) atoms. The van der Waals surface area contributed by atoms with Crippen molar-refractivity contribution in [3.63, 3.8) is 0 Å². The van der Waals surface area contributed by atoms with E-state index in [0.717, 1.165) is 16.6 Å². The number of halogens is 1. The lowest BCUT2D eigenvalue weighted by Crippen LogP contribution is -2.11. The number of likely N-dealkylation sites (N-methyl/N-ethyl adjacent to an activating group) is 1. The molecule has 1 aromatic heterocycles. The van der Waals surface area contributed by atoms with E-state index >= 15 is 0 Å². The highest BCUT2D eigenvalue weighted by Crippen LogP contribution is 2.29. The van der Waals surface area contributed by atoms with Crippen LogP contribution in [0.4, 0.5) is 0 Å². The lowest BCUT2D eigenvalue weighted by molar-refractivity contribution is 0.457. The van der Waals surface area contributed by atoms with Gasteiger partial charge in [0, 0.05) is 29.0 Å². The smallest absolute Gasteiger partial charge is 0.0346 e. The molecule has 1 heterocycles. The van der Waals surface area contributed by atoms with Crippen LogP contribution in [0.25, 0.3) is 5.57 Å². The molecular formula is C16H17BrN2. The number of aromatic nitrogens is 1. The summed E-state index contributed by atoms with van der Waals surface area (Å²) < 4.78 is 1.10. The first-order chi connectivity index (χ1) is 9.18. The molecule has 1 aromatic carbocycles. The van der Waals surface area contributed by atoms with Crippen LogP contribution < -0.4 is 0 Å². The minimum Gasteiger partial charge on any atom is -0.306 e. The van der Waals surface area contributed by atoms with Crippen LogP contribution in [0.2, 0.25) is 0 Å². The van der Waals surface area contributed by atoms with E-state index in [-0.39, 0.29) is 0 Å². The Bertz CT molecular complexity index is 562. The molecule has 98 valence electrons. The first-order valence-electron chi connectivity index (χ1n) is 6.18. The van der Waals surface area contributed by atoms with Crippen molar-refractivity contribution in [1.82, 2.24) is 9.88 Å². The van der Waals surface area contributed by atoms with Gasteiger partial charge in [0.05, 0.1) is 0 Å². The maximum absolute atomic E-state index is 4.22. The van der Waals surface area contributed by atoms with Gasteiger partial charge >= 0.3 is 0 Å². The van der Waals surface area contributed by atoms with Crippen molar-refractivity contribution in [3.8, 4) is 0 Å². The second-order valence-corrected chi connectivity index (χ2v) is 5.46. The fraction of sp³-hybridized carbons (Fsp3) is 0.188. The number of hydrogen-bond acceptors (Lipinski definition) is 2. The van der Waals surface area contributed by atoms with E-state index in [4.69, 9.17) is 0 Å². The number of rotatable bonds is 4. The fourth-order valence-electron chi connectivity index (χ4n) is 1.86. The predicted molar refractivity (Wildman–Crippen MR) is 84.0 cm³/mol. The van der Waals surface area contributed by atoms with Crippen molar-refractivity contribution in [2.24, 2.45) is 0 Å². The van der Waals surface area contributed by atoms with Gasteiger partial charge in [-0.1, -0.05) is 46.3 Å². The average molecular weight is 317 g/mol. The molecule has 0 atom stereocenters. The average Bonchev–Trinajstić information content (AvgIpc) is 2.42. The summed E-state index contributed by atoms with van der Waals surface area (Å²) in [6.45, 7) is 0.894. The summed E-state index contributed by atoms with van der Waals surface area (Å²) in [7, 11) is 4.13. The minimum absolute atomic E-state index is 0.894. The predicted octanol–water partition coefficient (Wildman–Crippen LogP) is 3.84. The Morgan fingerprint density at radius 2 is 2.00 bits per heavy atom. The molecule has 0 saturated heterocycles. The third-order valence-electron chi connectivity index (χ3n) is 2.80. The van der Waals surface area contributed by atoms with Crippen LogP contribution >= 0.6 is 15.9 Å². The topological polar surface area (TPSA) is 16.1 Å². The molecular weight excluding hydrogens is 300 g/mol. The zero-order chi connectivity index (χ0) is 13.7. The van der Waals surface area contributed by atoms with Crippen LogP contribution in [0.3, 0.4) is 0 Å². The van der Waals surface area contributed by atoms with E-state index in [1.54, 1.807) is 6.20 Å². The van der Waals surface area contributed by atoms with Gasteiger partial charge in [0.1, 0.15) is 0 Å². The Morgan fingerprint density at radius 1 is 1.21 bits per heavy atom. The fourth-order valence-corrected chi connectivity index (χ4v) is 2.36. The van der Waals surface area contributed by atoms with Gasteiger partial charge in [-0.25, -0.2) is 0 Å². The van der Waals surface area contributed by atoms with Crippen molar-refractivity contribution in [3.05, 3.63) is 70.5 Å². The SMILES string of the molecule is CN(C)CC=C(c1cccnc1)c1ccccc1Br. The van der Waals surface area contributed by atoms with Crippen molar-refractivity contribution in [2.45, 2.75) is 0 Å². The zero-order valence-electron chi connectivity index (χ0n) is 11.2. The van der Waals surface area contributed by atoms with Crippen molar-refractivity contribution < 1.29 is 0 Å². The molecule has 3 heteroatoms. The maximum atomic E-state index is 4.22.